The van der Waals surface area contributed by atoms with E-state index in [2.05, 4.69) is 56.7 Å². The minimum absolute atomic E-state index is 0.331. The van der Waals surface area contributed by atoms with Gasteiger partial charge in [-0.2, -0.15) is 0 Å². The molecule has 1 aromatic heterocycles. The zero-order chi connectivity index (χ0) is 23.0. The van der Waals surface area contributed by atoms with Crippen molar-refractivity contribution in [2.75, 3.05) is 31.5 Å². The van der Waals surface area contributed by atoms with Crippen LogP contribution in [-0.4, -0.2) is 52.2 Å². The summed E-state index contributed by atoms with van der Waals surface area (Å²) in [5.41, 5.74) is 4.03. The third-order valence-electron chi connectivity index (χ3n) is 6.20. The third-order valence-corrected chi connectivity index (χ3v) is 6.20. The molecule has 4 rings (SSSR count). The van der Waals surface area contributed by atoms with E-state index < -0.39 is 5.82 Å². The van der Waals surface area contributed by atoms with Crippen LogP contribution in [0, 0.1) is 5.82 Å². The number of aromatic hydroxyl groups is 1. The first-order valence-corrected chi connectivity index (χ1v) is 11.7. The zero-order valence-corrected chi connectivity index (χ0v) is 19.1. The molecule has 2 aromatic carbocycles. The van der Waals surface area contributed by atoms with E-state index in [9.17, 15) is 9.50 Å². The summed E-state index contributed by atoms with van der Waals surface area (Å²) in [5, 5.41) is 16.0. The van der Waals surface area contributed by atoms with Crippen molar-refractivity contribution in [1.29, 1.82) is 0 Å². The molecule has 0 bridgehead atoms. The van der Waals surface area contributed by atoms with E-state index in [1.54, 1.807) is 12.3 Å². The van der Waals surface area contributed by atoms with Crippen molar-refractivity contribution in [3.8, 4) is 17.0 Å². The van der Waals surface area contributed by atoms with Gasteiger partial charge in [-0.05, 0) is 74.3 Å². The monoisotopic (exact) mass is 449 g/mol. The highest BCUT2D eigenvalue weighted by Crippen LogP contribution is 2.22. The standard InChI is InChI=1S/C26H32FN5O/c1-2-32(22-9-12-28-13-10-22)18-20-4-3-5-21(16-20)24-11-15-30-26(31-24)29-14-8-19-6-7-25(33)23(27)17-19/h3-7,11,15-17,22,28,33H,2,8-10,12-14,18H2,1H3,(H,29,30,31). The first-order chi connectivity index (χ1) is 16.1. The molecule has 2 heterocycles. The van der Waals surface area contributed by atoms with Crippen LogP contribution in [0.4, 0.5) is 10.3 Å². The summed E-state index contributed by atoms with van der Waals surface area (Å²) in [6.07, 6.45) is 4.76. The average molecular weight is 450 g/mol. The Kier molecular flexibility index (Phi) is 7.86. The van der Waals surface area contributed by atoms with Gasteiger partial charge in [-0.15, -0.1) is 0 Å². The first-order valence-electron chi connectivity index (χ1n) is 11.7. The fourth-order valence-corrected chi connectivity index (χ4v) is 4.36. The number of nitrogens with zero attached hydrogens (tertiary/aromatic N) is 3. The van der Waals surface area contributed by atoms with Gasteiger partial charge in [0.2, 0.25) is 5.95 Å². The van der Waals surface area contributed by atoms with Crippen LogP contribution in [0.3, 0.4) is 0 Å². The Balaban J connectivity index is 1.39. The molecule has 0 atom stereocenters. The molecule has 0 radical (unpaired) electrons. The maximum absolute atomic E-state index is 13.5. The Morgan fingerprint density at radius 2 is 1.97 bits per heavy atom. The summed E-state index contributed by atoms with van der Waals surface area (Å²) in [6, 6.07) is 15.6. The van der Waals surface area contributed by atoms with Crippen LogP contribution in [0.25, 0.3) is 11.3 Å². The molecule has 33 heavy (non-hydrogen) atoms. The molecule has 0 saturated carbocycles. The van der Waals surface area contributed by atoms with Gasteiger partial charge in [-0.3, -0.25) is 4.90 Å². The predicted molar refractivity (Wildman–Crippen MR) is 130 cm³/mol. The van der Waals surface area contributed by atoms with Crippen LogP contribution in [0.2, 0.25) is 0 Å². The number of hydrogen-bond donors (Lipinski definition) is 3. The molecule has 1 saturated heterocycles. The van der Waals surface area contributed by atoms with Gasteiger partial charge in [-0.1, -0.05) is 31.2 Å². The van der Waals surface area contributed by atoms with Gasteiger partial charge in [0.1, 0.15) is 0 Å². The van der Waals surface area contributed by atoms with Crippen molar-refractivity contribution in [3.05, 3.63) is 71.7 Å². The number of nitrogens with one attached hydrogen (secondary N) is 2. The van der Waals surface area contributed by atoms with Crippen LogP contribution in [0.5, 0.6) is 5.75 Å². The molecule has 0 spiro atoms. The van der Waals surface area contributed by atoms with Crippen LogP contribution >= 0.6 is 0 Å². The maximum Gasteiger partial charge on any atom is 0.223 e. The number of piperidine rings is 1. The molecule has 1 fully saturated rings. The quantitative estimate of drug-likeness (QED) is 0.454. The maximum atomic E-state index is 13.5. The van der Waals surface area contributed by atoms with E-state index in [1.165, 1.54) is 30.5 Å². The lowest BCUT2D eigenvalue weighted by Crippen LogP contribution is -2.42. The van der Waals surface area contributed by atoms with Crippen molar-refractivity contribution >= 4 is 5.95 Å². The van der Waals surface area contributed by atoms with Gasteiger partial charge in [0.25, 0.3) is 0 Å². The molecule has 0 amide bonds. The SMILES string of the molecule is CCN(Cc1cccc(-c2ccnc(NCCc3ccc(O)c(F)c3)n2)c1)C1CCNCC1. The van der Waals surface area contributed by atoms with Gasteiger partial charge in [0.05, 0.1) is 5.69 Å². The topological polar surface area (TPSA) is 73.3 Å². The van der Waals surface area contributed by atoms with Gasteiger partial charge in [0, 0.05) is 30.9 Å². The lowest BCUT2D eigenvalue weighted by atomic mass is 10.0. The Morgan fingerprint density at radius 3 is 2.76 bits per heavy atom. The molecule has 0 unspecified atom stereocenters. The van der Waals surface area contributed by atoms with Crippen LogP contribution < -0.4 is 10.6 Å². The Hall–Kier alpha value is -3.03. The van der Waals surface area contributed by atoms with Gasteiger partial charge >= 0.3 is 0 Å². The zero-order valence-electron chi connectivity index (χ0n) is 19.1. The number of rotatable bonds is 9. The molecule has 7 heteroatoms. The molecule has 0 aliphatic carbocycles. The highest BCUT2D eigenvalue weighted by Gasteiger charge is 2.19. The second kappa shape index (κ2) is 11.2. The van der Waals surface area contributed by atoms with Crippen molar-refractivity contribution in [2.24, 2.45) is 0 Å². The van der Waals surface area contributed by atoms with E-state index in [4.69, 9.17) is 0 Å². The molecule has 6 nitrogen and oxygen atoms in total. The molecular weight excluding hydrogens is 417 g/mol. The van der Waals surface area contributed by atoms with Gasteiger partial charge in [-0.25, -0.2) is 14.4 Å². The molecule has 3 N–H and O–H groups in total. The van der Waals surface area contributed by atoms with Crippen LogP contribution in [0.1, 0.15) is 30.9 Å². The fourth-order valence-electron chi connectivity index (χ4n) is 4.36. The van der Waals surface area contributed by atoms with E-state index in [-0.39, 0.29) is 5.75 Å². The van der Waals surface area contributed by atoms with Crippen LogP contribution in [0.15, 0.2) is 54.7 Å². The second-order valence-electron chi connectivity index (χ2n) is 8.47. The minimum Gasteiger partial charge on any atom is -0.505 e. The van der Waals surface area contributed by atoms with Gasteiger partial charge < -0.3 is 15.7 Å². The number of anilines is 1. The summed E-state index contributed by atoms with van der Waals surface area (Å²) < 4.78 is 13.5. The molecule has 1 aliphatic rings. The number of halogens is 1. The third kappa shape index (κ3) is 6.27. The number of phenolic OH excluding ortho intramolecular Hbond substituents is 1. The summed E-state index contributed by atoms with van der Waals surface area (Å²) in [7, 11) is 0. The lowest BCUT2D eigenvalue weighted by molar-refractivity contribution is 0.162. The van der Waals surface area contributed by atoms with Crippen molar-refractivity contribution in [3.63, 3.8) is 0 Å². The Labute approximate surface area is 194 Å². The van der Waals surface area contributed by atoms with E-state index >= 15 is 0 Å². The van der Waals surface area contributed by atoms with E-state index in [0.717, 1.165) is 43.0 Å². The molecule has 3 aromatic rings. The lowest BCUT2D eigenvalue weighted by Gasteiger charge is -2.34. The normalized spacial score (nSPS) is 14.5. The number of aromatic nitrogens is 2. The van der Waals surface area contributed by atoms with E-state index in [1.807, 2.05) is 6.07 Å². The predicted octanol–water partition coefficient (Wildman–Crippen LogP) is 4.22. The first kappa shape index (κ1) is 23.1. The second-order valence-corrected chi connectivity index (χ2v) is 8.47. The van der Waals surface area contributed by atoms with Crippen LogP contribution in [-0.2, 0) is 13.0 Å². The van der Waals surface area contributed by atoms with E-state index in [0.29, 0.717) is 25.0 Å². The number of benzene rings is 2. The fraction of sp³-hybridized carbons (Fsp3) is 0.385. The van der Waals surface area contributed by atoms with Crippen molar-refractivity contribution < 1.29 is 9.50 Å². The van der Waals surface area contributed by atoms with Crippen molar-refractivity contribution in [2.45, 2.75) is 38.8 Å². The highest BCUT2D eigenvalue weighted by molar-refractivity contribution is 5.61. The summed E-state index contributed by atoms with van der Waals surface area (Å²) >= 11 is 0. The summed E-state index contributed by atoms with van der Waals surface area (Å²) in [4.78, 5) is 11.6. The minimum atomic E-state index is -0.604. The van der Waals surface area contributed by atoms with Gasteiger partial charge in [0.15, 0.2) is 11.6 Å². The molecule has 174 valence electrons. The summed E-state index contributed by atoms with van der Waals surface area (Å²) in [5.74, 6) is -0.391. The average Bonchev–Trinajstić information content (AvgIpc) is 2.86. The Bertz CT molecular complexity index is 1050. The molecule has 1 aliphatic heterocycles. The summed E-state index contributed by atoms with van der Waals surface area (Å²) in [6.45, 7) is 6.98. The number of phenols is 1. The molecular formula is C26H32FN5O. The van der Waals surface area contributed by atoms with Crippen molar-refractivity contribution in [1.82, 2.24) is 20.2 Å². The highest BCUT2D eigenvalue weighted by atomic mass is 19.1. The largest absolute Gasteiger partial charge is 0.505 e. The Morgan fingerprint density at radius 1 is 1.12 bits per heavy atom. The number of hydrogen-bond acceptors (Lipinski definition) is 6. The smallest absolute Gasteiger partial charge is 0.223 e.